The number of carbonyl (C=O) groups is 1. The SMILES string of the molecule is CCCC1CCC(=O)C(CN2CCOCC2CO)C1. The number of ketones is 1. The van der Waals surface area contributed by atoms with E-state index in [-0.39, 0.29) is 18.6 Å². The maximum atomic E-state index is 12.1. The average molecular weight is 269 g/mol. The summed E-state index contributed by atoms with van der Waals surface area (Å²) in [5.41, 5.74) is 0. The summed E-state index contributed by atoms with van der Waals surface area (Å²) in [6, 6.07) is 0.0769. The van der Waals surface area contributed by atoms with Crippen LogP contribution >= 0.6 is 0 Å². The first kappa shape index (κ1) is 14.9. The molecule has 0 aromatic rings. The van der Waals surface area contributed by atoms with Gasteiger partial charge >= 0.3 is 0 Å². The summed E-state index contributed by atoms with van der Waals surface area (Å²) < 4.78 is 5.39. The highest BCUT2D eigenvalue weighted by atomic mass is 16.5. The number of aliphatic hydroxyl groups is 1. The molecule has 1 N–H and O–H groups in total. The molecule has 0 spiro atoms. The molecule has 0 amide bonds. The summed E-state index contributed by atoms with van der Waals surface area (Å²) in [6.07, 6.45) is 5.33. The molecular weight excluding hydrogens is 242 g/mol. The molecule has 3 unspecified atom stereocenters. The molecule has 2 aliphatic rings. The van der Waals surface area contributed by atoms with Gasteiger partial charge in [0.05, 0.1) is 25.9 Å². The van der Waals surface area contributed by atoms with E-state index in [1.54, 1.807) is 0 Å². The van der Waals surface area contributed by atoms with E-state index in [2.05, 4.69) is 11.8 Å². The summed E-state index contributed by atoms with van der Waals surface area (Å²) in [4.78, 5) is 14.3. The van der Waals surface area contributed by atoms with Gasteiger partial charge in [-0.15, -0.1) is 0 Å². The third-order valence-electron chi connectivity index (χ3n) is 4.58. The minimum atomic E-state index is 0.0769. The first-order chi connectivity index (χ1) is 9.24. The second kappa shape index (κ2) is 7.36. The monoisotopic (exact) mass is 269 g/mol. The van der Waals surface area contributed by atoms with E-state index in [0.29, 0.717) is 12.4 Å². The Kier molecular flexibility index (Phi) is 5.79. The van der Waals surface area contributed by atoms with Gasteiger partial charge < -0.3 is 9.84 Å². The first-order valence-corrected chi connectivity index (χ1v) is 7.70. The number of aliphatic hydroxyl groups excluding tert-OH is 1. The molecule has 2 rings (SSSR count). The fourth-order valence-corrected chi connectivity index (χ4v) is 3.43. The maximum absolute atomic E-state index is 12.1. The van der Waals surface area contributed by atoms with Gasteiger partial charge in [-0.1, -0.05) is 19.8 Å². The van der Waals surface area contributed by atoms with Gasteiger partial charge in [0.2, 0.25) is 0 Å². The van der Waals surface area contributed by atoms with Gasteiger partial charge in [0.1, 0.15) is 5.78 Å². The summed E-state index contributed by atoms with van der Waals surface area (Å²) >= 11 is 0. The quantitative estimate of drug-likeness (QED) is 0.821. The standard InChI is InChI=1S/C15H27NO3/c1-2-3-12-4-5-15(18)13(8-12)9-16-6-7-19-11-14(16)10-17/h12-14,17H,2-11H2,1H3. The molecule has 2 fully saturated rings. The third-order valence-corrected chi connectivity index (χ3v) is 4.58. The van der Waals surface area contributed by atoms with Crippen molar-refractivity contribution in [1.82, 2.24) is 4.90 Å². The number of hydrogen-bond donors (Lipinski definition) is 1. The van der Waals surface area contributed by atoms with Crippen LogP contribution in [0.15, 0.2) is 0 Å². The topological polar surface area (TPSA) is 49.8 Å². The van der Waals surface area contributed by atoms with E-state index in [4.69, 9.17) is 4.74 Å². The number of Topliss-reactive ketones (excluding diaryl/α,β-unsaturated/α-hetero) is 1. The van der Waals surface area contributed by atoms with Crippen LogP contribution in [-0.2, 0) is 9.53 Å². The van der Waals surface area contributed by atoms with E-state index >= 15 is 0 Å². The Hall–Kier alpha value is -0.450. The van der Waals surface area contributed by atoms with E-state index in [1.807, 2.05) is 0 Å². The van der Waals surface area contributed by atoms with Crippen LogP contribution in [0, 0.1) is 11.8 Å². The Bertz CT molecular complexity index is 295. The van der Waals surface area contributed by atoms with Crippen LogP contribution < -0.4 is 0 Å². The number of hydrogen-bond acceptors (Lipinski definition) is 4. The van der Waals surface area contributed by atoms with Crippen molar-refractivity contribution in [3.05, 3.63) is 0 Å². The summed E-state index contributed by atoms with van der Waals surface area (Å²) in [5.74, 6) is 1.33. The molecule has 1 saturated carbocycles. The molecule has 1 saturated heterocycles. The summed E-state index contributed by atoms with van der Waals surface area (Å²) in [6.45, 7) is 5.31. The lowest BCUT2D eigenvalue weighted by Gasteiger charge is -2.38. The van der Waals surface area contributed by atoms with Gasteiger partial charge in [0.25, 0.3) is 0 Å². The van der Waals surface area contributed by atoms with E-state index in [9.17, 15) is 9.90 Å². The Morgan fingerprint density at radius 1 is 1.47 bits per heavy atom. The Morgan fingerprint density at radius 2 is 2.32 bits per heavy atom. The van der Waals surface area contributed by atoms with Gasteiger partial charge in [-0.25, -0.2) is 0 Å². The Balaban J connectivity index is 1.89. The van der Waals surface area contributed by atoms with Crippen molar-refractivity contribution >= 4 is 5.78 Å². The molecule has 3 atom stereocenters. The van der Waals surface area contributed by atoms with Crippen LogP contribution in [0.4, 0.5) is 0 Å². The van der Waals surface area contributed by atoms with Crippen LogP contribution in [0.25, 0.3) is 0 Å². The first-order valence-electron chi connectivity index (χ1n) is 7.70. The van der Waals surface area contributed by atoms with Crippen molar-refractivity contribution in [1.29, 1.82) is 0 Å². The molecule has 0 radical (unpaired) electrons. The molecule has 4 nitrogen and oxygen atoms in total. The molecule has 110 valence electrons. The summed E-state index contributed by atoms with van der Waals surface area (Å²) in [5, 5.41) is 9.39. The van der Waals surface area contributed by atoms with Crippen LogP contribution in [-0.4, -0.2) is 54.7 Å². The zero-order valence-electron chi connectivity index (χ0n) is 12.0. The lowest BCUT2D eigenvalue weighted by molar-refractivity contribution is -0.127. The van der Waals surface area contributed by atoms with E-state index in [1.165, 1.54) is 12.8 Å². The van der Waals surface area contributed by atoms with Gasteiger partial charge in [-0.2, -0.15) is 0 Å². The average Bonchev–Trinajstić information content (AvgIpc) is 2.43. The Labute approximate surface area is 116 Å². The number of nitrogens with zero attached hydrogens (tertiary/aromatic N) is 1. The predicted molar refractivity (Wildman–Crippen MR) is 74.0 cm³/mol. The van der Waals surface area contributed by atoms with E-state index in [0.717, 1.165) is 44.9 Å². The fraction of sp³-hybridized carbons (Fsp3) is 0.933. The fourth-order valence-electron chi connectivity index (χ4n) is 3.43. The smallest absolute Gasteiger partial charge is 0.137 e. The molecule has 1 aliphatic carbocycles. The number of ether oxygens (including phenoxy) is 1. The van der Waals surface area contributed by atoms with Crippen LogP contribution in [0.1, 0.15) is 39.0 Å². The molecule has 4 heteroatoms. The predicted octanol–water partition coefficient (Wildman–Crippen LogP) is 1.46. The van der Waals surface area contributed by atoms with Gasteiger partial charge in [0, 0.05) is 25.4 Å². The third kappa shape index (κ3) is 4.01. The maximum Gasteiger partial charge on any atom is 0.137 e. The van der Waals surface area contributed by atoms with Gasteiger partial charge in [-0.05, 0) is 18.8 Å². The lowest BCUT2D eigenvalue weighted by atomic mass is 9.78. The molecule has 0 aromatic heterocycles. The van der Waals surface area contributed by atoms with Gasteiger partial charge in [0.15, 0.2) is 0 Å². The van der Waals surface area contributed by atoms with Crippen molar-refractivity contribution in [2.45, 2.75) is 45.1 Å². The highest BCUT2D eigenvalue weighted by molar-refractivity contribution is 5.82. The molecule has 1 aliphatic heterocycles. The van der Waals surface area contributed by atoms with Crippen LogP contribution in [0.2, 0.25) is 0 Å². The Morgan fingerprint density at radius 3 is 3.05 bits per heavy atom. The van der Waals surface area contributed by atoms with Crippen molar-refractivity contribution < 1.29 is 14.6 Å². The van der Waals surface area contributed by atoms with Crippen LogP contribution in [0.5, 0.6) is 0 Å². The molecular formula is C15H27NO3. The zero-order chi connectivity index (χ0) is 13.7. The van der Waals surface area contributed by atoms with Crippen molar-refractivity contribution in [3.8, 4) is 0 Å². The minimum Gasteiger partial charge on any atom is -0.395 e. The molecule has 1 heterocycles. The highest BCUT2D eigenvalue weighted by Crippen LogP contribution is 2.30. The number of morpholine rings is 1. The number of rotatable bonds is 5. The minimum absolute atomic E-state index is 0.0769. The second-order valence-electron chi connectivity index (χ2n) is 6.00. The highest BCUT2D eigenvalue weighted by Gasteiger charge is 2.32. The summed E-state index contributed by atoms with van der Waals surface area (Å²) in [7, 11) is 0. The van der Waals surface area contributed by atoms with Gasteiger partial charge in [-0.3, -0.25) is 9.69 Å². The van der Waals surface area contributed by atoms with E-state index < -0.39 is 0 Å². The van der Waals surface area contributed by atoms with Crippen molar-refractivity contribution in [2.24, 2.45) is 11.8 Å². The zero-order valence-corrected chi connectivity index (χ0v) is 12.0. The van der Waals surface area contributed by atoms with Crippen molar-refractivity contribution in [3.63, 3.8) is 0 Å². The molecule has 0 aromatic carbocycles. The largest absolute Gasteiger partial charge is 0.395 e. The van der Waals surface area contributed by atoms with Crippen molar-refractivity contribution in [2.75, 3.05) is 32.9 Å². The van der Waals surface area contributed by atoms with Crippen LogP contribution in [0.3, 0.4) is 0 Å². The normalized spacial score (nSPS) is 33.6. The lowest BCUT2D eigenvalue weighted by Crippen LogP contribution is -2.50. The number of carbonyl (C=O) groups excluding carboxylic acids is 1. The molecule has 0 bridgehead atoms. The second-order valence-corrected chi connectivity index (χ2v) is 6.00. The molecule has 19 heavy (non-hydrogen) atoms.